The lowest BCUT2D eigenvalue weighted by Gasteiger charge is -2.26. The molecule has 0 bridgehead atoms. The summed E-state index contributed by atoms with van der Waals surface area (Å²) in [6.07, 6.45) is 1.40. The summed E-state index contributed by atoms with van der Waals surface area (Å²) >= 11 is 0. The Kier molecular flexibility index (Phi) is 6.27. The van der Waals surface area contributed by atoms with E-state index in [1.165, 1.54) is 0 Å². The summed E-state index contributed by atoms with van der Waals surface area (Å²) in [7, 11) is 3.92. The minimum Gasteiger partial charge on any atom is -0.507 e. The predicted molar refractivity (Wildman–Crippen MR) is 140 cm³/mol. The maximum Gasteiger partial charge on any atom is 0.295 e. The number of hydrogen-bond acceptors (Lipinski definition) is 5. The van der Waals surface area contributed by atoms with Gasteiger partial charge in [0.05, 0.1) is 11.6 Å². The van der Waals surface area contributed by atoms with Gasteiger partial charge in [-0.25, -0.2) is 0 Å². The summed E-state index contributed by atoms with van der Waals surface area (Å²) in [5, 5.41) is 11.4. The summed E-state index contributed by atoms with van der Waals surface area (Å²) in [6.45, 7) is 2.36. The van der Waals surface area contributed by atoms with Gasteiger partial charge in [-0.15, -0.1) is 0 Å². The van der Waals surface area contributed by atoms with Crippen LogP contribution >= 0.6 is 0 Å². The molecule has 0 spiro atoms. The molecule has 3 aromatic carbocycles. The van der Waals surface area contributed by atoms with Gasteiger partial charge in [0, 0.05) is 38.3 Å². The van der Waals surface area contributed by atoms with Gasteiger partial charge in [-0.2, -0.15) is 0 Å². The number of fused-ring (bicyclic) bond motifs is 1. The summed E-state index contributed by atoms with van der Waals surface area (Å²) < 4.78 is 5.79. The number of likely N-dealkylation sites (tertiary alicyclic amines) is 1. The third-order valence-electron chi connectivity index (χ3n) is 6.92. The average molecular weight is 483 g/mol. The molecule has 0 radical (unpaired) electrons. The van der Waals surface area contributed by atoms with Gasteiger partial charge in [0.25, 0.3) is 11.7 Å². The molecule has 0 aromatic heterocycles. The molecule has 0 aliphatic carbocycles. The lowest BCUT2D eigenvalue weighted by Crippen LogP contribution is -2.31. The maximum absolute atomic E-state index is 13.3. The number of ether oxygens (including phenoxy) is 1. The van der Waals surface area contributed by atoms with E-state index < -0.39 is 17.7 Å². The molecule has 5 rings (SSSR count). The van der Waals surface area contributed by atoms with Gasteiger partial charge in [-0.1, -0.05) is 42.5 Å². The first-order chi connectivity index (χ1) is 17.3. The predicted octanol–water partition coefficient (Wildman–Crippen LogP) is 4.74. The Balaban J connectivity index is 1.57. The summed E-state index contributed by atoms with van der Waals surface area (Å²) in [5.41, 5.74) is 4.49. The third kappa shape index (κ3) is 4.35. The fourth-order valence-corrected chi connectivity index (χ4v) is 5.03. The molecule has 36 heavy (non-hydrogen) atoms. The SMILES string of the molecule is C[C@@H]1Cc2cc(C(O)=C3C(=O)C(=O)N(CCc4ccccc4)[C@@H]3c3ccc(N(C)C)cc3)ccc2O1. The molecule has 1 saturated heterocycles. The molecule has 1 amide bonds. The molecular formula is C30H30N2O4. The smallest absolute Gasteiger partial charge is 0.295 e. The number of anilines is 1. The second-order valence-electron chi connectivity index (χ2n) is 9.67. The van der Waals surface area contributed by atoms with Crippen LogP contribution < -0.4 is 9.64 Å². The van der Waals surface area contributed by atoms with Gasteiger partial charge < -0.3 is 19.6 Å². The fourth-order valence-electron chi connectivity index (χ4n) is 5.03. The number of carbonyl (C=O) groups is 2. The summed E-state index contributed by atoms with van der Waals surface area (Å²) in [5.74, 6) is -0.613. The third-order valence-corrected chi connectivity index (χ3v) is 6.92. The van der Waals surface area contributed by atoms with Crippen LogP contribution in [0.4, 0.5) is 5.69 Å². The van der Waals surface area contributed by atoms with Crippen molar-refractivity contribution in [1.82, 2.24) is 4.90 Å². The number of hydrogen-bond donors (Lipinski definition) is 1. The molecule has 2 atom stereocenters. The monoisotopic (exact) mass is 482 g/mol. The fraction of sp³-hybridized carbons (Fsp3) is 0.267. The molecular weight excluding hydrogens is 452 g/mol. The highest BCUT2D eigenvalue weighted by Crippen LogP contribution is 2.41. The van der Waals surface area contributed by atoms with Crippen molar-refractivity contribution in [2.24, 2.45) is 0 Å². The number of rotatable bonds is 6. The zero-order valence-electron chi connectivity index (χ0n) is 20.8. The highest BCUT2D eigenvalue weighted by Gasteiger charge is 2.46. The lowest BCUT2D eigenvalue weighted by molar-refractivity contribution is -0.139. The highest BCUT2D eigenvalue weighted by molar-refractivity contribution is 6.46. The topological polar surface area (TPSA) is 70.1 Å². The van der Waals surface area contributed by atoms with Crippen LogP contribution in [0.5, 0.6) is 5.75 Å². The van der Waals surface area contributed by atoms with Crippen LogP contribution in [0.25, 0.3) is 5.76 Å². The average Bonchev–Trinajstić information content (AvgIpc) is 3.38. The van der Waals surface area contributed by atoms with Crippen molar-refractivity contribution in [3.63, 3.8) is 0 Å². The van der Waals surface area contributed by atoms with Crippen LogP contribution in [0.1, 0.15) is 35.2 Å². The van der Waals surface area contributed by atoms with E-state index in [0.717, 1.165) is 34.5 Å². The molecule has 6 nitrogen and oxygen atoms in total. The molecule has 1 N–H and O–H groups in total. The van der Waals surface area contributed by atoms with E-state index >= 15 is 0 Å². The standard InChI is InChI=1S/C30H30N2O4/c1-19-17-23-18-22(11-14-25(23)36-19)28(33)26-27(21-9-12-24(13-10-21)31(2)3)32(30(35)29(26)34)16-15-20-7-5-4-6-8-20/h4-14,18-19,27,33H,15-17H2,1-3H3/t19-,27-/m1/s1. The first-order valence-electron chi connectivity index (χ1n) is 12.2. The number of carbonyl (C=O) groups excluding carboxylic acids is 2. The van der Waals surface area contributed by atoms with Crippen molar-refractivity contribution in [3.8, 4) is 5.75 Å². The number of aliphatic hydroxyl groups is 1. The normalized spacial score (nSPS) is 20.4. The molecule has 2 aliphatic rings. The summed E-state index contributed by atoms with van der Waals surface area (Å²) in [4.78, 5) is 30.2. The van der Waals surface area contributed by atoms with E-state index in [1.807, 2.05) is 92.6 Å². The molecule has 2 heterocycles. The van der Waals surface area contributed by atoms with Crippen LogP contribution in [0.3, 0.4) is 0 Å². The number of amides is 1. The van der Waals surface area contributed by atoms with E-state index in [-0.39, 0.29) is 17.4 Å². The van der Waals surface area contributed by atoms with Crippen molar-refractivity contribution in [2.45, 2.75) is 31.9 Å². The Morgan fingerprint density at radius 1 is 1.03 bits per heavy atom. The second kappa shape index (κ2) is 9.53. The number of benzene rings is 3. The molecule has 1 fully saturated rings. The number of aliphatic hydroxyl groups excluding tert-OH is 1. The van der Waals surface area contributed by atoms with Crippen molar-refractivity contribution >= 4 is 23.1 Å². The van der Waals surface area contributed by atoms with Gasteiger partial charge in [-0.3, -0.25) is 9.59 Å². The van der Waals surface area contributed by atoms with Gasteiger partial charge in [0.2, 0.25) is 0 Å². The van der Waals surface area contributed by atoms with Crippen molar-refractivity contribution in [1.29, 1.82) is 0 Å². The van der Waals surface area contributed by atoms with Crippen LogP contribution in [0.15, 0.2) is 78.4 Å². The number of nitrogens with zero attached hydrogens (tertiary/aromatic N) is 2. The van der Waals surface area contributed by atoms with Crippen LogP contribution in [0.2, 0.25) is 0 Å². The van der Waals surface area contributed by atoms with Crippen LogP contribution in [0, 0.1) is 0 Å². The van der Waals surface area contributed by atoms with Gasteiger partial charge in [0.15, 0.2) is 0 Å². The zero-order valence-corrected chi connectivity index (χ0v) is 20.8. The van der Waals surface area contributed by atoms with E-state index in [2.05, 4.69) is 0 Å². The molecule has 6 heteroatoms. The van der Waals surface area contributed by atoms with Crippen molar-refractivity contribution in [3.05, 3.63) is 101 Å². The lowest BCUT2D eigenvalue weighted by atomic mass is 9.94. The Morgan fingerprint density at radius 3 is 2.44 bits per heavy atom. The highest BCUT2D eigenvalue weighted by atomic mass is 16.5. The first-order valence-corrected chi connectivity index (χ1v) is 12.2. The maximum atomic E-state index is 13.3. The minimum absolute atomic E-state index is 0.0659. The Bertz CT molecular complexity index is 1330. The van der Waals surface area contributed by atoms with Gasteiger partial charge >= 0.3 is 0 Å². The van der Waals surface area contributed by atoms with E-state index in [1.54, 1.807) is 11.0 Å². The molecule has 2 aliphatic heterocycles. The molecule has 0 unspecified atom stereocenters. The first kappa shape index (κ1) is 23.7. The largest absolute Gasteiger partial charge is 0.507 e. The van der Waals surface area contributed by atoms with Crippen LogP contribution in [-0.4, -0.2) is 48.4 Å². The van der Waals surface area contributed by atoms with Crippen molar-refractivity contribution in [2.75, 3.05) is 25.5 Å². The Labute approximate surface area is 211 Å². The van der Waals surface area contributed by atoms with Gasteiger partial charge in [-0.05, 0) is 60.4 Å². The van der Waals surface area contributed by atoms with E-state index in [4.69, 9.17) is 4.74 Å². The van der Waals surface area contributed by atoms with Crippen molar-refractivity contribution < 1.29 is 19.4 Å². The Hall–Kier alpha value is -4.06. The van der Waals surface area contributed by atoms with E-state index in [0.29, 0.717) is 18.5 Å². The zero-order chi connectivity index (χ0) is 25.4. The molecule has 3 aromatic rings. The van der Waals surface area contributed by atoms with Crippen LogP contribution in [-0.2, 0) is 22.4 Å². The van der Waals surface area contributed by atoms with Gasteiger partial charge in [0.1, 0.15) is 17.6 Å². The Morgan fingerprint density at radius 2 is 1.75 bits per heavy atom. The minimum atomic E-state index is -0.673. The number of ketones is 1. The molecule has 0 saturated carbocycles. The number of Topliss-reactive ketones (excluding diaryl/α,β-unsaturated/α-hetero) is 1. The summed E-state index contributed by atoms with van der Waals surface area (Å²) in [6, 6.07) is 22.4. The van der Waals surface area contributed by atoms with E-state index in [9.17, 15) is 14.7 Å². The molecule has 184 valence electrons. The quantitative estimate of drug-likeness (QED) is 0.312. The second-order valence-corrected chi connectivity index (χ2v) is 9.67.